The van der Waals surface area contributed by atoms with E-state index in [-0.39, 0.29) is 11.8 Å². The van der Waals surface area contributed by atoms with Gasteiger partial charge in [0.25, 0.3) is 5.91 Å². The minimum absolute atomic E-state index is 0.174. The number of methoxy groups -OCH3 is 1. The molecule has 0 radical (unpaired) electrons. The predicted molar refractivity (Wildman–Crippen MR) is 99.0 cm³/mol. The van der Waals surface area contributed by atoms with Crippen molar-refractivity contribution in [1.29, 1.82) is 0 Å². The SMILES string of the molecule is COc1cc(C(C)C)ccc1CNC(=O)c1cccc(NC(C)=O)c1. The van der Waals surface area contributed by atoms with E-state index in [1.165, 1.54) is 12.5 Å². The number of carbonyl (C=O) groups excluding carboxylic acids is 2. The number of benzene rings is 2. The van der Waals surface area contributed by atoms with Crippen LogP contribution in [0.25, 0.3) is 0 Å². The van der Waals surface area contributed by atoms with Gasteiger partial charge in [0.05, 0.1) is 7.11 Å². The third kappa shape index (κ3) is 5.08. The topological polar surface area (TPSA) is 67.4 Å². The van der Waals surface area contributed by atoms with Gasteiger partial charge in [-0.15, -0.1) is 0 Å². The first-order valence-corrected chi connectivity index (χ1v) is 8.23. The Hall–Kier alpha value is -2.82. The van der Waals surface area contributed by atoms with E-state index in [0.29, 0.717) is 23.7 Å². The van der Waals surface area contributed by atoms with Crippen LogP contribution in [0.4, 0.5) is 5.69 Å². The monoisotopic (exact) mass is 340 g/mol. The van der Waals surface area contributed by atoms with Crippen molar-refractivity contribution in [1.82, 2.24) is 5.32 Å². The van der Waals surface area contributed by atoms with E-state index < -0.39 is 0 Å². The second-order valence-corrected chi connectivity index (χ2v) is 6.17. The number of ether oxygens (including phenoxy) is 1. The van der Waals surface area contributed by atoms with E-state index in [9.17, 15) is 9.59 Å². The summed E-state index contributed by atoms with van der Waals surface area (Å²) in [6.45, 7) is 6.04. The molecule has 25 heavy (non-hydrogen) atoms. The summed E-state index contributed by atoms with van der Waals surface area (Å²) in [5, 5.41) is 5.56. The lowest BCUT2D eigenvalue weighted by atomic mass is 10.0. The lowest BCUT2D eigenvalue weighted by Gasteiger charge is -2.13. The molecule has 0 heterocycles. The van der Waals surface area contributed by atoms with Crippen molar-refractivity contribution in [2.75, 3.05) is 12.4 Å². The van der Waals surface area contributed by atoms with Gasteiger partial charge in [0.2, 0.25) is 5.91 Å². The number of hydrogen-bond acceptors (Lipinski definition) is 3. The Labute approximate surface area is 148 Å². The minimum Gasteiger partial charge on any atom is -0.496 e. The number of carbonyl (C=O) groups is 2. The number of amides is 2. The first-order chi connectivity index (χ1) is 11.9. The zero-order valence-electron chi connectivity index (χ0n) is 15.1. The molecule has 2 aromatic rings. The van der Waals surface area contributed by atoms with E-state index in [0.717, 1.165) is 11.3 Å². The molecule has 0 aromatic heterocycles. The van der Waals surface area contributed by atoms with E-state index >= 15 is 0 Å². The van der Waals surface area contributed by atoms with Crippen LogP contribution in [-0.4, -0.2) is 18.9 Å². The zero-order chi connectivity index (χ0) is 18.4. The van der Waals surface area contributed by atoms with Gasteiger partial charge in [-0.1, -0.05) is 32.0 Å². The molecular weight excluding hydrogens is 316 g/mol. The van der Waals surface area contributed by atoms with Crippen LogP contribution in [-0.2, 0) is 11.3 Å². The van der Waals surface area contributed by atoms with Crippen molar-refractivity contribution >= 4 is 17.5 Å². The van der Waals surface area contributed by atoms with Crippen molar-refractivity contribution in [2.24, 2.45) is 0 Å². The van der Waals surface area contributed by atoms with Crippen LogP contribution >= 0.6 is 0 Å². The lowest BCUT2D eigenvalue weighted by Crippen LogP contribution is -2.23. The number of hydrogen-bond donors (Lipinski definition) is 2. The Morgan fingerprint density at radius 2 is 1.88 bits per heavy atom. The molecule has 5 nitrogen and oxygen atoms in total. The lowest BCUT2D eigenvalue weighted by molar-refractivity contribution is -0.114. The summed E-state index contributed by atoms with van der Waals surface area (Å²) < 4.78 is 5.44. The highest BCUT2D eigenvalue weighted by Crippen LogP contribution is 2.24. The maximum atomic E-state index is 12.4. The van der Waals surface area contributed by atoms with Crippen molar-refractivity contribution in [2.45, 2.75) is 33.2 Å². The van der Waals surface area contributed by atoms with Gasteiger partial charge in [-0.05, 0) is 35.7 Å². The molecule has 2 N–H and O–H groups in total. The van der Waals surface area contributed by atoms with Crippen LogP contribution in [0.2, 0.25) is 0 Å². The highest BCUT2D eigenvalue weighted by molar-refractivity contribution is 5.96. The second-order valence-electron chi connectivity index (χ2n) is 6.17. The largest absolute Gasteiger partial charge is 0.496 e. The van der Waals surface area contributed by atoms with Crippen LogP contribution in [0.15, 0.2) is 42.5 Å². The van der Waals surface area contributed by atoms with Gasteiger partial charge in [-0.3, -0.25) is 9.59 Å². The Morgan fingerprint density at radius 1 is 1.12 bits per heavy atom. The molecule has 0 saturated heterocycles. The molecule has 0 aliphatic carbocycles. The number of anilines is 1. The summed E-state index contributed by atoms with van der Waals surface area (Å²) in [5.41, 5.74) is 3.19. The molecule has 0 aliphatic rings. The van der Waals surface area contributed by atoms with Gasteiger partial charge in [0.15, 0.2) is 0 Å². The van der Waals surface area contributed by atoms with Crippen LogP contribution in [0.1, 0.15) is 48.2 Å². The fourth-order valence-corrected chi connectivity index (χ4v) is 2.49. The fourth-order valence-electron chi connectivity index (χ4n) is 2.49. The van der Waals surface area contributed by atoms with E-state index in [1.54, 1.807) is 31.4 Å². The minimum atomic E-state index is -0.206. The summed E-state index contributed by atoms with van der Waals surface area (Å²) >= 11 is 0. The molecular formula is C20H24N2O3. The maximum absolute atomic E-state index is 12.4. The summed E-state index contributed by atoms with van der Waals surface area (Å²) in [7, 11) is 1.63. The quantitative estimate of drug-likeness (QED) is 0.842. The summed E-state index contributed by atoms with van der Waals surface area (Å²) in [4.78, 5) is 23.5. The average Bonchev–Trinajstić information content (AvgIpc) is 2.59. The Balaban J connectivity index is 2.08. The molecule has 0 fully saturated rings. The fraction of sp³-hybridized carbons (Fsp3) is 0.300. The van der Waals surface area contributed by atoms with Gasteiger partial charge in [0, 0.05) is 30.3 Å². The molecule has 5 heteroatoms. The Morgan fingerprint density at radius 3 is 2.52 bits per heavy atom. The summed E-state index contributed by atoms with van der Waals surface area (Å²) in [6.07, 6.45) is 0. The standard InChI is InChI=1S/C20H24N2O3/c1-13(2)15-8-9-17(19(11-15)25-4)12-21-20(24)16-6-5-7-18(10-16)22-14(3)23/h5-11,13H,12H2,1-4H3,(H,21,24)(H,22,23). The predicted octanol–water partition coefficient (Wildman–Crippen LogP) is 3.71. The van der Waals surface area contributed by atoms with Gasteiger partial charge >= 0.3 is 0 Å². The third-order valence-corrected chi connectivity index (χ3v) is 3.86. The Bertz CT molecular complexity index is 769. The van der Waals surface area contributed by atoms with Crippen molar-refractivity contribution in [3.63, 3.8) is 0 Å². The zero-order valence-corrected chi connectivity index (χ0v) is 15.1. The molecule has 0 atom stereocenters. The van der Waals surface area contributed by atoms with Crippen LogP contribution in [0.5, 0.6) is 5.75 Å². The second kappa shape index (κ2) is 8.33. The summed E-state index contributed by atoms with van der Waals surface area (Å²) in [5.74, 6) is 0.794. The van der Waals surface area contributed by atoms with Crippen LogP contribution < -0.4 is 15.4 Å². The van der Waals surface area contributed by atoms with Gasteiger partial charge in [-0.25, -0.2) is 0 Å². The van der Waals surface area contributed by atoms with Crippen molar-refractivity contribution in [3.8, 4) is 5.75 Å². The molecule has 2 rings (SSSR count). The van der Waals surface area contributed by atoms with E-state index in [2.05, 4.69) is 24.5 Å². The number of rotatable bonds is 6. The van der Waals surface area contributed by atoms with E-state index in [1.807, 2.05) is 18.2 Å². The first kappa shape index (κ1) is 18.5. The van der Waals surface area contributed by atoms with Crippen molar-refractivity contribution in [3.05, 3.63) is 59.2 Å². The third-order valence-electron chi connectivity index (χ3n) is 3.86. The molecule has 2 aromatic carbocycles. The number of nitrogens with one attached hydrogen (secondary N) is 2. The molecule has 0 aliphatic heterocycles. The van der Waals surface area contributed by atoms with Crippen LogP contribution in [0, 0.1) is 0 Å². The molecule has 0 bridgehead atoms. The summed E-state index contributed by atoms with van der Waals surface area (Å²) in [6, 6.07) is 12.9. The van der Waals surface area contributed by atoms with Gasteiger partial charge < -0.3 is 15.4 Å². The van der Waals surface area contributed by atoms with Gasteiger partial charge in [0.1, 0.15) is 5.75 Å². The maximum Gasteiger partial charge on any atom is 0.251 e. The smallest absolute Gasteiger partial charge is 0.251 e. The average molecular weight is 340 g/mol. The normalized spacial score (nSPS) is 10.4. The van der Waals surface area contributed by atoms with Crippen LogP contribution in [0.3, 0.4) is 0 Å². The molecule has 2 amide bonds. The Kier molecular flexibility index (Phi) is 6.17. The highest BCUT2D eigenvalue weighted by atomic mass is 16.5. The van der Waals surface area contributed by atoms with Gasteiger partial charge in [-0.2, -0.15) is 0 Å². The van der Waals surface area contributed by atoms with Crippen molar-refractivity contribution < 1.29 is 14.3 Å². The van der Waals surface area contributed by atoms with E-state index in [4.69, 9.17) is 4.74 Å². The molecule has 132 valence electrons. The molecule has 0 saturated carbocycles. The molecule has 0 spiro atoms. The highest BCUT2D eigenvalue weighted by Gasteiger charge is 2.10. The first-order valence-electron chi connectivity index (χ1n) is 8.23. The molecule has 0 unspecified atom stereocenters.